The Morgan fingerprint density at radius 2 is 1.60 bits per heavy atom. The van der Waals surface area contributed by atoms with Gasteiger partial charge >= 0.3 is 0 Å². The van der Waals surface area contributed by atoms with Gasteiger partial charge in [-0.25, -0.2) is 0 Å². The van der Waals surface area contributed by atoms with Crippen LogP contribution in [0.4, 0.5) is 0 Å². The van der Waals surface area contributed by atoms with Crippen molar-refractivity contribution >= 4 is 12.6 Å². The van der Waals surface area contributed by atoms with Gasteiger partial charge in [0.05, 0.1) is 5.75 Å². The number of aromatic nitrogens is 4. The van der Waals surface area contributed by atoms with Gasteiger partial charge in [-0.05, 0) is 0 Å². The van der Waals surface area contributed by atoms with E-state index in [-0.39, 0.29) is 12.4 Å². The molecule has 6 heteroatoms. The second kappa shape index (κ2) is 3.43. The van der Waals surface area contributed by atoms with Gasteiger partial charge in [0, 0.05) is 0 Å². The van der Waals surface area contributed by atoms with Crippen LogP contribution in [0.5, 0.6) is 0 Å². The standard InChI is InChI=1S/C4H6N4OS/c9-1-3-5-7-4(2-10)8-6-3/h9-10H,1-2H2. The van der Waals surface area contributed by atoms with Crippen molar-refractivity contribution in [2.45, 2.75) is 12.4 Å². The van der Waals surface area contributed by atoms with Gasteiger partial charge < -0.3 is 5.11 Å². The van der Waals surface area contributed by atoms with Gasteiger partial charge in [-0.3, -0.25) is 0 Å². The zero-order valence-electron chi connectivity index (χ0n) is 5.10. The Labute approximate surface area is 62.9 Å². The van der Waals surface area contributed by atoms with Gasteiger partial charge in [0.15, 0.2) is 11.6 Å². The number of aliphatic hydroxyl groups excluding tert-OH is 1. The monoisotopic (exact) mass is 158 g/mol. The quantitative estimate of drug-likeness (QED) is 0.551. The first-order valence-corrected chi connectivity index (χ1v) is 3.27. The molecule has 1 aromatic heterocycles. The fraction of sp³-hybridized carbons (Fsp3) is 0.500. The van der Waals surface area contributed by atoms with Gasteiger partial charge in [-0.15, -0.1) is 20.4 Å². The highest BCUT2D eigenvalue weighted by atomic mass is 32.1. The van der Waals surface area contributed by atoms with Crippen molar-refractivity contribution in [2.24, 2.45) is 0 Å². The van der Waals surface area contributed by atoms with E-state index >= 15 is 0 Å². The highest BCUT2D eigenvalue weighted by Gasteiger charge is 1.96. The summed E-state index contributed by atoms with van der Waals surface area (Å²) in [4.78, 5) is 0. The summed E-state index contributed by atoms with van der Waals surface area (Å²) in [6, 6.07) is 0. The van der Waals surface area contributed by atoms with E-state index in [0.717, 1.165) is 0 Å². The smallest absolute Gasteiger partial charge is 0.198 e. The van der Waals surface area contributed by atoms with E-state index in [0.29, 0.717) is 11.6 Å². The number of rotatable bonds is 2. The van der Waals surface area contributed by atoms with Crippen LogP contribution < -0.4 is 0 Å². The van der Waals surface area contributed by atoms with Crippen LogP contribution in [0.2, 0.25) is 0 Å². The summed E-state index contributed by atoms with van der Waals surface area (Å²) < 4.78 is 0. The van der Waals surface area contributed by atoms with Crippen LogP contribution in [0.25, 0.3) is 0 Å². The maximum absolute atomic E-state index is 8.48. The summed E-state index contributed by atoms with van der Waals surface area (Å²) in [7, 11) is 0. The SMILES string of the molecule is OCc1nnc(CS)nn1. The van der Waals surface area contributed by atoms with Gasteiger partial charge in [0.2, 0.25) is 0 Å². The largest absolute Gasteiger partial charge is 0.388 e. The summed E-state index contributed by atoms with van der Waals surface area (Å²) in [6.07, 6.45) is 0. The van der Waals surface area contributed by atoms with Gasteiger partial charge in [0.25, 0.3) is 0 Å². The van der Waals surface area contributed by atoms with E-state index in [4.69, 9.17) is 5.11 Å². The van der Waals surface area contributed by atoms with E-state index in [1.165, 1.54) is 0 Å². The van der Waals surface area contributed by atoms with Crippen molar-refractivity contribution in [3.63, 3.8) is 0 Å². The molecule has 0 aliphatic carbocycles. The van der Waals surface area contributed by atoms with E-state index in [1.807, 2.05) is 0 Å². The minimum absolute atomic E-state index is 0.227. The molecule has 0 amide bonds. The Kier molecular flexibility index (Phi) is 2.52. The molecule has 0 aliphatic rings. The van der Waals surface area contributed by atoms with E-state index in [2.05, 4.69) is 33.0 Å². The minimum Gasteiger partial charge on any atom is -0.388 e. The molecular weight excluding hydrogens is 152 g/mol. The van der Waals surface area contributed by atoms with Gasteiger partial charge in [-0.1, -0.05) is 0 Å². The summed E-state index contributed by atoms with van der Waals surface area (Å²) >= 11 is 3.91. The maximum atomic E-state index is 8.48. The number of thiol groups is 1. The molecule has 1 N–H and O–H groups in total. The second-order valence-electron chi connectivity index (χ2n) is 1.55. The molecule has 1 heterocycles. The molecule has 0 atom stereocenters. The van der Waals surface area contributed by atoms with Crippen LogP contribution >= 0.6 is 12.6 Å². The van der Waals surface area contributed by atoms with Gasteiger partial charge in [0.1, 0.15) is 6.61 Å². The zero-order chi connectivity index (χ0) is 7.40. The average molecular weight is 158 g/mol. The van der Waals surface area contributed by atoms with Crippen LogP contribution in [0.1, 0.15) is 11.6 Å². The Morgan fingerprint density at radius 3 is 2.00 bits per heavy atom. The third kappa shape index (κ3) is 1.61. The first kappa shape index (κ1) is 7.36. The molecule has 0 spiro atoms. The molecule has 0 saturated carbocycles. The van der Waals surface area contributed by atoms with Crippen molar-refractivity contribution < 1.29 is 5.11 Å². The van der Waals surface area contributed by atoms with Crippen LogP contribution in [0, 0.1) is 0 Å². The predicted octanol–water partition coefficient (Wildman–Crippen LogP) is -0.811. The molecule has 0 saturated heterocycles. The molecule has 0 fully saturated rings. The van der Waals surface area contributed by atoms with Crippen LogP contribution in [-0.4, -0.2) is 25.5 Å². The number of aliphatic hydroxyl groups is 1. The topological polar surface area (TPSA) is 71.8 Å². The van der Waals surface area contributed by atoms with Crippen molar-refractivity contribution in [2.75, 3.05) is 0 Å². The van der Waals surface area contributed by atoms with Crippen molar-refractivity contribution in [3.05, 3.63) is 11.6 Å². The zero-order valence-corrected chi connectivity index (χ0v) is 5.99. The molecule has 0 unspecified atom stereocenters. The lowest BCUT2D eigenvalue weighted by Gasteiger charge is -1.91. The lowest BCUT2D eigenvalue weighted by atomic mass is 10.7. The highest BCUT2D eigenvalue weighted by Crippen LogP contribution is 1.89. The second-order valence-corrected chi connectivity index (χ2v) is 1.86. The highest BCUT2D eigenvalue weighted by molar-refractivity contribution is 7.79. The molecule has 0 aromatic carbocycles. The van der Waals surface area contributed by atoms with Crippen molar-refractivity contribution in [1.29, 1.82) is 0 Å². The van der Waals surface area contributed by atoms with E-state index in [1.54, 1.807) is 0 Å². The molecular formula is C4H6N4OS. The Balaban J connectivity index is 2.80. The minimum atomic E-state index is -0.229. The number of hydrogen-bond donors (Lipinski definition) is 2. The summed E-state index contributed by atoms with van der Waals surface area (Å²) in [5, 5.41) is 22.8. The lowest BCUT2D eigenvalue weighted by Crippen LogP contribution is -2.03. The predicted molar refractivity (Wildman–Crippen MR) is 36.2 cm³/mol. The molecule has 0 radical (unpaired) electrons. The first-order chi connectivity index (χ1) is 4.86. The van der Waals surface area contributed by atoms with Crippen LogP contribution in [0.15, 0.2) is 0 Å². The Morgan fingerprint density at radius 1 is 1.10 bits per heavy atom. The Hall–Kier alpha value is -0.750. The maximum Gasteiger partial charge on any atom is 0.198 e. The Bertz CT molecular complexity index is 178. The summed E-state index contributed by atoms with van der Waals surface area (Å²) in [6.45, 7) is -0.229. The van der Waals surface area contributed by atoms with E-state index in [9.17, 15) is 0 Å². The third-order valence-corrected chi connectivity index (χ3v) is 1.13. The fourth-order valence-electron chi connectivity index (χ4n) is 0.397. The molecule has 10 heavy (non-hydrogen) atoms. The number of hydrogen-bond acceptors (Lipinski definition) is 6. The molecule has 54 valence electrons. The van der Waals surface area contributed by atoms with Crippen LogP contribution in [-0.2, 0) is 12.4 Å². The van der Waals surface area contributed by atoms with Crippen LogP contribution in [0.3, 0.4) is 0 Å². The first-order valence-electron chi connectivity index (χ1n) is 2.63. The normalized spacial score (nSPS) is 9.80. The molecule has 0 bridgehead atoms. The van der Waals surface area contributed by atoms with E-state index < -0.39 is 0 Å². The lowest BCUT2D eigenvalue weighted by molar-refractivity contribution is 0.267. The molecule has 1 aromatic rings. The molecule has 5 nitrogen and oxygen atoms in total. The molecule has 0 aliphatic heterocycles. The van der Waals surface area contributed by atoms with Crippen molar-refractivity contribution in [3.8, 4) is 0 Å². The van der Waals surface area contributed by atoms with Gasteiger partial charge in [-0.2, -0.15) is 12.6 Å². The summed E-state index contributed by atoms with van der Waals surface area (Å²) in [5.41, 5.74) is 0. The third-order valence-electron chi connectivity index (χ3n) is 0.845. The fourth-order valence-corrected chi connectivity index (χ4v) is 0.524. The average Bonchev–Trinajstić information content (AvgIpc) is 2.05. The van der Waals surface area contributed by atoms with Crippen molar-refractivity contribution in [1.82, 2.24) is 20.4 Å². The summed E-state index contributed by atoms with van der Waals surface area (Å²) in [5.74, 6) is 1.09. The number of nitrogens with zero attached hydrogens (tertiary/aromatic N) is 4. The molecule has 1 rings (SSSR count).